The Balaban J connectivity index is 1.35. The van der Waals surface area contributed by atoms with Gasteiger partial charge in [0.1, 0.15) is 6.04 Å². The third-order valence-electron chi connectivity index (χ3n) is 7.20. The van der Waals surface area contributed by atoms with Gasteiger partial charge in [-0.05, 0) is 23.6 Å². The van der Waals surface area contributed by atoms with Crippen LogP contribution in [0, 0.1) is 0 Å². The maximum absolute atomic E-state index is 13.6. The normalized spacial score (nSPS) is 15.7. The molecule has 248 valence electrons. The lowest BCUT2D eigenvalue weighted by Crippen LogP contribution is -2.52. The van der Waals surface area contributed by atoms with E-state index in [2.05, 4.69) is 21.3 Å². The first-order chi connectivity index (χ1) is 22.4. The summed E-state index contributed by atoms with van der Waals surface area (Å²) in [5.74, 6) is -2.04. The molecule has 2 aliphatic heterocycles. The van der Waals surface area contributed by atoms with Crippen molar-refractivity contribution in [3.63, 3.8) is 0 Å². The summed E-state index contributed by atoms with van der Waals surface area (Å²) >= 11 is 0. The van der Waals surface area contributed by atoms with Gasteiger partial charge in [0.05, 0.1) is 57.6 Å². The largest absolute Gasteiger partial charge is 0.481 e. The minimum Gasteiger partial charge on any atom is -0.481 e. The first kappa shape index (κ1) is 34.3. The van der Waals surface area contributed by atoms with Gasteiger partial charge in [0.15, 0.2) is 12.4 Å². The standard InChI is InChI=1S/C31H40N6O9/c32-20-45-15-14-44-13-12-43-11-10-33-27(40)19-46-29-23(34-17-26(39)35-16-21-4-2-1-3-5-21)7-6-22-18-37(31(42)28(22)29)24-8-9-25(38)36-30(24)41/h1-7,24,34H,8-20,32H2,(H,33,40)(H,35,39)(H,36,38,41). The molecule has 1 fully saturated rings. The molecule has 0 bridgehead atoms. The van der Waals surface area contributed by atoms with Crippen molar-refractivity contribution >= 4 is 35.2 Å². The van der Waals surface area contributed by atoms with Gasteiger partial charge in [-0.1, -0.05) is 36.4 Å². The lowest BCUT2D eigenvalue weighted by atomic mass is 10.0. The number of carbonyl (C=O) groups excluding carboxylic acids is 5. The van der Waals surface area contributed by atoms with E-state index in [4.69, 9.17) is 24.7 Å². The van der Waals surface area contributed by atoms with Crippen LogP contribution in [0.3, 0.4) is 0 Å². The molecule has 2 heterocycles. The molecule has 1 saturated heterocycles. The van der Waals surface area contributed by atoms with Gasteiger partial charge in [-0.2, -0.15) is 0 Å². The van der Waals surface area contributed by atoms with Crippen molar-refractivity contribution in [2.45, 2.75) is 32.0 Å². The number of piperidine rings is 1. The van der Waals surface area contributed by atoms with E-state index in [1.54, 1.807) is 12.1 Å². The van der Waals surface area contributed by atoms with Crippen LogP contribution >= 0.6 is 0 Å². The molecule has 2 aromatic rings. The van der Waals surface area contributed by atoms with Crippen LogP contribution in [-0.4, -0.2) is 99.9 Å². The van der Waals surface area contributed by atoms with Crippen LogP contribution in [0.2, 0.25) is 0 Å². The van der Waals surface area contributed by atoms with Crippen molar-refractivity contribution < 1.29 is 42.9 Å². The van der Waals surface area contributed by atoms with Crippen LogP contribution in [-0.2, 0) is 46.5 Å². The molecule has 0 radical (unpaired) electrons. The number of nitrogens with two attached hydrogens (primary N) is 1. The third-order valence-corrected chi connectivity index (χ3v) is 7.20. The number of anilines is 1. The monoisotopic (exact) mass is 640 g/mol. The molecule has 0 aromatic heterocycles. The van der Waals surface area contributed by atoms with Gasteiger partial charge in [-0.25, -0.2) is 0 Å². The zero-order valence-electron chi connectivity index (χ0n) is 25.5. The molecule has 46 heavy (non-hydrogen) atoms. The second-order valence-electron chi connectivity index (χ2n) is 10.4. The molecular formula is C31H40N6O9. The summed E-state index contributed by atoms with van der Waals surface area (Å²) in [7, 11) is 0. The Morgan fingerprint density at radius 1 is 0.913 bits per heavy atom. The molecule has 5 amide bonds. The topological polar surface area (TPSA) is 200 Å². The maximum atomic E-state index is 13.6. The molecule has 2 aliphatic rings. The highest BCUT2D eigenvalue weighted by Gasteiger charge is 2.41. The average molecular weight is 641 g/mol. The molecular weight excluding hydrogens is 600 g/mol. The number of nitrogens with zero attached hydrogens (tertiary/aromatic N) is 1. The number of amides is 5. The highest BCUT2D eigenvalue weighted by molar-refractivity contribution is 6.07. The lowest BCUT2D eigenvalue weighted by molar-refractivity contribution is -0.137. The van der Waals surface area contributed by atoms with Crippen LogP contribution < -0.4 is 31.7 Å². The highest BCUT2D eigenvalue weighted by Crippen LogP contribution is 2.38. The zero-order chi connectivity index (χ0) is 32.7. The van der Waals surface area contributed by atoms with Crippen LogP contribution in [0.1, 0.15) is 34.3 Å². The number of imide groups is 1. The smallest absolute Gasteiger partial charge is 0.259 e. The predicted molar refractivity (Wildman–Crippen MR) is 164 cm³/mol. The average Bonchev–Trinajstić information content (AvgIpc) is 3.39. The van der Waals surface area contributed by atoms with E-state index in [0.717, 1.165) is 5.56 Å². The van der Waals surface area contributed by atoms with E-state index in [1.807, 2.05) is 30.3 Å². The summed E-state index contributed by atoms with van der Waals surface area (Å²) in [6, 6.07) is 12.0. The number of ether oxygens (including phenoxy) is 4. The van der Waals surface area contributed by atoms with Gasteiger partial charge in [0, 0.05) is 26.1 Å². The quantitative estimate of drug-likeness (QED) is 0.0763. The Labute approximate surface area is 266 Å². The molecule has 0 spiro atoms. The summed E-state index contributed by atoms with van der Waals surface area (Å²) < 4.78 is 21.6. The number of nitrogens with one attached hydrogen (secondary N) is 4. The van der Waals surface area contributed by atoms with Gasteiger partial charge in [-0.15, -0.1) is 0 Å². The summed E-state index contributed by atoms with van der Waals surface area (Å²) in [5.41, 5.74) is 7.28. The third kappa shape index (κ3) is 9.97. The Kier molecular flexibility index (Phi) is 13.3. The first-order valence-electron chi connectivity index (χ1n) is 15.0. The molecule has 2 aromatic carbocycles. The molecule has 0 saturated carbocycles. The van der Waals surface area contributed by atoms with E-state index >= 15 is 0 Å². The Morgan fingerprint density at radius 2 is 1.65 bits per heavy atom. The summed E-state index contributed by atoms with van der Waals surface area (Å²) in [6.45, 7) is 2.05. The molecule has 6 N–H and O–H groups in total. The number of hydrogen-bond acceptors (Lipinski definition) is 11. The molecule has 4 rings (SSSR count). The number of benzene rings is 2. The molecule has 1 atom stereocenters. The highest BCUT2D eigenvalue weighted by atomic mass is 16.5. The number of rotatable bonds is 19. The Morgan fingerprint density at radius 3 is 2.39 bits per heavy atom. The van der Waals surface area contributed by atoms with Crippen LogP contribution in [0.5, 0.6) is 5.75 Å². The van der Waals surface area contributed by atoms with Crippen molar-refractivity contribution in [2.75, 3.05) is 64.8 Å². The van der Waals surface area contributed by atoms with E-state index in [0.29, 0.717) is 44.2 Å². The van der Waals surface area contributed by atoms with Crippen LogP contribution in [0.15, 0.2) is 42.5 Å². The van der Waals surface area contributed by atoms with Crippen molar-refractivity contribution in [1.29, 1.82) is 0 Å². The molecule has 0 aliphatic carbocycles. The molecule has 15 nitrogen and oxygen atoms in total. The number of carbonyl (C=O) groups is 5. The minimum absolute atomic E-state index is 0.0929. The van der Waals surface area contributed by atoms with Gasteiger partial charge >= 0.3 is 0 Å². The lowest BCUT2D eigenvalue weighted by Gasteiger charge is -2.29. The summed E-state index contributed by atoms with van der Waals surface area (Å²) in [4.78, 5) is 64.5. The fourth-order valence-electron chi connectivity index (χ4n) is 4.92. The summed E-state index contributed by atoms with van der Waals surface area (Å²) in [5, 5.41) is 10.8. The van der Waals surface area contributed by atoms with Gasteiger partial charge < -0.3 is 45.5 Å². The van der Waals surface area contributed by atoms with E-state index < -0.39 is 30.4 Å². The van der Waals surface area contributed by atoms with E-state index in [1.165, 1.54) is 4.90 Å². The molecule has 15 heteroatoms. The first-order valence-corrected chi connectivity index (χ1v) is 15.0. The Bertz CT molecular complexity index is 1370. The van der Waals surface area contributed by atoms with Crippen molar-refractivity contribution in [2.24, 2.45) is 5.73 Å². The number of hydrogen-bond donors (Lipinski definition) is 5. The van der Waals surface area contributed by atoms with E-state index in [-0.39, 0.29) is 68.9 Å². The van der Waals surface area contributed by atoms with Crippen molar-refractivity contribution in [3.05, 3.63) is 59.2 Å². The Hall–Kier alpha value is -4.57. The fraction of sp³-hybridized carbons (Fsp3) is 0.452. The zero-order valence-corrected chi connectivity index (χ0v) is 25.5. The SMILES string of the molecule is NCOCCOCCOCCNC(=O)COc1c(NCC(=O)NCc2ccccc2)ccc2c1C(=O)N(C1CCC(=O)NC1=O)C2. The second kappa shape index (κ2) is 17.8. The van der Waals surface area contributed by atoms with Crippen LogP contribution in [0.4, 0.5) is 5.69 Å². The van der Waals surface area contributed by atoms with Crippen LogP contribution in [0.25, 0.3) is 0 Å². The molecule has 1 unspecified atom stereocenters. The number of fused-ring (bicyclic) bond motifs is 1. The van der Waals surface area contributed by atoms with Gasteiger partial charge in [0.2, 0.25) is 17.7 Å². The van der Waals surface area contributed by atoms with Gasteiger partial charge in [-0.3, -0.25) is 29.3 Å². The summed E-state index contributed by atoms with van der Waals surface area (Å²) in [6.07, 6.45) is 0.317. The van der Waals surface area contributed by atoms with Crippen molar-refractivity contribution in [3.8, 4) is 5.75 Å². The predicted octanol–water partition coefficient (Wildman–Crippen LogP) is -0.363. The van der Waals surface area contributed by atoms with E-state index in [9.17, 15) is 24.0 Å². The maximum Gasteiger partial charge on any atom is 0.259 e. The second-order valence-corrected chi connectivity index (χ2v) is 10.4. The fourth-order valence-corrected chi connectivity index (χ4v) is 4.92. The van der Waals surface area contributed by atoms with Crippen molar-refractivity contribution in [1.82, 2.24) is 20.9 Å². The van der Waals surface area contributed by atoms with Gasteiger partial charge in [0.25, 0.3) is 11.8 Å². The minimum atomic E-state index is -0.821.